The standard InChI is InChI=1S/C26H26F2N2O3/c1-4-31-21-10-12-23-24(14-21)30-26(29-23)25(33-16(2)3)17-5-8-20(9-6-17)32-15-18-13-19(27)7-11-22(18)28/h5-14,16,25H,4,15H2,1-3H3,(H,29,30). The first-order chi connectivity index (χ1) is 15.9. The summed E-state index contributed by atoms with van der Waals surface area (Å²) in [7, 11) is 0. The fourth-order valence-corrected chi connectivity index (χ4v) is 3.51. The Balaban J connectivity index is 1.55. The molecule has 0 radical (unpaired) electrons. The molecule has 33 heavy (non-hydrogen) atoms. The minimum atomic E-state index is -0.504. The molecule has 0 aliphatic heterocycles. The maximum atomic E-state index is 13.8. The largest absolute Gasteiger partial charge is 0.494 e. The second-order valence-corrected chi connectivity index (χ2v) is 7.89. The molecule has 1 aromatic heterocycles. The van der Waals surface area contributed by atoms with Gasteiger partial charge in [-0.25, -0.2) is 13.8 Å². The van der Waals surface area contributed by atoms with Crippen LogP contribution in [0.5, 0.6) is 11.5 Å². The SMILES string of the molecule is CCOc1ccc2[nH]c(C(OC(C)C)c3ccc(OCc4cc(F)ccc4F)cc3)nc2c1. The molecule has 1 unspecified atom stereocenters. The quantitative estimate of drug-likeness (QED) is 0.322. The highest BCUT2D eigenvalue weighted by atomic mass is 19.1. The van der Waals surface area contributed by atoms with E-state index in [0.29, 0.717) is 18.2 Å². The number of rotatable bonds is 9. The molecule has 0 bridgehead atoms. The predicted octanol–water partition coefficient (Wildman–Crippen LogP) is 6.33. The van der Waals surface area contributed by atoms with Gasteiger partial charge in [0.15, 0.2) is 0 Å². The summed E-state index contributed by atoms with van der Waals surface area (Å²) in [6.45, 7) is 6.39. The number of imidazole rings is 1. The van der Waals surface area contributed by atoms with Gasteiger partial charge in [-0.05, 0) is 68.8 Å². The summed E-state index contributed by atoms with van der Waals surface area (Å²) in [4.78, 5) is 8.07. The Morgan fingerprint density at radius 2 is 1.67 bits per heavy atom. The Hall–Kier alpha value is -3.45. The van der Waals surface area contributed by atoms with Gasteiger partial charge < -0.3 is 19.2 Å². The van der Waals surface area contributed by atoms with Crippen molar-refractivity contribution in [1.29, 1.82) is 0 Å². The third kappa shape index (κ3) is 5.49. The van der Waals surface area contributed by atoms with Crippen LogP contribution in [-0.4, -0.2) is 22.7 Å². The first-order valence-corrected chi connectivity index (χ1v) is 10.9. The number of nitrogens with one attached hydrogen (secondary N) is 1. The summed E-state index contributed by atoms with van der Waals surface area (Å²) in [5.74, 6) is 0.981. The molecule has 7 heteroatoms. The Morgan fingerprint density at radius 3 is 2.39 bits per heavy atom. The van der Waals surface area contributed by atoms with Crippen molar-refractivity contribution >= 4 is 11.0 Å². The van der Waals surface area contributed by atoms with Crippen molar-refractivity contribution in [2.24, 2.45) is 0 Å². The number of aromatic amines is 1. The van der Waals surface area contributed by atoms with E-state index in [0.717, 1.165) is 40.5 Å². The van der Waals surface area contributed by atoms with E-state index in [1.807, 2.05) is 51.1 Å². The number of halogens is 2. The van der Waals surface area contributed by atoms with Gasteiger partial charge >= 0.3 is 0 Å². The average Bonchev–Trinajstić information content (AvgIpc) is 3.22. The minimum Gasteiger partial charge on any atom is -0.494 e. The van der Waals surface area contributed by atoms with Crippen LogP contribution in [0.3, 0.4) is 0 Å². The zero-order chi connectivity index (χ0) is 23.4. The van der Waals surface area contributed by atoms with Crippen LogP contribution >= 0.6 is 0 Å². The van der Waals surface area contributed by atoms with E-state index in [1.54, 1.807) is 12.1 Å². The first-order valence-electron chi connectivity index (χ1n) is 10.9. The molecule has 3 aromatic carbocycles. The molecule has 0 fully saturated rings. The Kier molecular flexibility index (Phi) is 6.89. The second kappa shape index (κ2) is 10.0. The molecule has 0 aliphatic rings. The molecule has 1 atom stereocenters. The van der Waals surface area contributed by atoms with Gasteiger partial charge in [-0.15, -0.1) is 0 Å². The van der Waals surface area contributed by atoms with E-state index in [4.69, 9.17) is 19.2 Å². The Morgan fingerprint density at radius 1 is 0.909 bits per heavy atom. The molecule has 1 N–H and O–H groups in total. The fourth-order valence-electron chi connectivity index (χ4n) is 3.51. The molecular weight excluding hydrogens is 426 g/mol. The number of H-pyrrole nitrogens is 1. The predicted molar refractivity (Wildman–Crippen MR) is 122 cm³/mol. The van der Waals surface area contributed by atoms with E-state index in [2.05, 4.69) is 4.98 Å². The molecule has 4 aromatic rings. The van der Waals surface area contributed by atoms with E-state index in [9.17, 15) is 8.78 Å². The average molecular weight is 453 g/mol. The summed E-state index contributed by atoms with van der Waals surface area (Å²) in [6.07, 6.45) is -0.447. The molecule has 0 amide bonds. The van der Waals surface area contributed by atoms with Gasteiger partial charge in [-0.1, -0.05) is 12.1 Å². The highest BCUT2D eigenvalue weighted by Gasteiger charge is 2.21. The monoisotopic (exact) mass is 452 g/mol. The molecule has 0 spiro atoms. The molecule has 1 heterocycles. The van der Waals surface area contributed by atoms with Gasteiger partial charge in [0.1, 0.15) is 41.7 Å². The van der Waals surface area contributed by atoms with Crippen molar-refractivity contribution in [3.63, 3.8) is 0 Å². The summed E-state index contributed by atoms with van der Waals surface area (Å²) in [5, 5.41) is 0. The summed E-state index contributed by atoms with van der Waals surface area (Å²) < 4.78 is 44.6. The van der Waals surface area contributed by atoms with Gasteiger partial charge in [0.05, 0.1) is 23.7 Å². The summed E-state index contributed by atoms with van der Waals surface area (Å²) in [6, 6.07) is 16.4. The lowest BCUT2D eigenvalue weighted by Crippen LogP contribution is -2.13. The molecule has 0 saturated heterocycles. The van der Waals surface area contributed by atoms with Gasteiger partial charge in [0.2, 0.25) is 0 Å². The third-order valence-corrected chi connectivity index (χ3v) is 5.03. The maximum Gasteiger partial charge on any atom is 0.141 e. The number of hydrogen-bond acceptors (Lipinski definition) is 4. The number of ether oxygens (including phenoxy) is 3. The molecule has 0 aliphatic carbocycles. The van der Waals surface area contributed by atoms with Crippen LogP contribution in [0.4, 0.5) is 8.78 Å². The Bertz CT molecular complexity index is 1220. The first kappa shape index (κ1) is 22.7. The van der Waals surface area contributed by atoms with Gasteiger partial charge in [0, 0.05) is 11.6 Å². The molecular formula is C26H26F2N2O3. The number of nitrogens with zero attached hydrogens (tertiary/aromatic N) is 1. The zero-order valence-corrected chi connectivity index (χ0v) is 18.8. The topological polar surface area (TPSA) is 56.4 Å². The van der Waals surface area contributed by atoms with Crippen molar-refractivity contribution < 1.29 is 23.0 Å². The van der Waals surface area contributed by atoms with Crippen LogP contribution in [0, 0.1) is 11.6 Å². The van der Waals surface area contributed by atoms with E-state index in [-0.39, 0.29) is 18.3 Å². The van der Waals surface area contributed by atoms with Gasteiger partial charge in [-0.2, -0.15) is 0 Å². The minimum absolute atomic E-state index is 0.0333. The fraction of sp³-hybridized carbons (Fsp3) is 0.269. The molecule has 0 saturated carbocycles. The van der Waals surface area contributed by atoms with Crippen LogP contribution in [0.25, 0.3) is 11.0 Å². The summed E-state index contributed by atoms with van der Waals surface area (Å²) >= 11 is 0. The Labute approximate surface area is 191 Å². The number of aromatic nitrogens is 2. The van der Waals surface area contributed by atoms with Crippen molar-refractivity contribution in [3.8, 4) is 11.5 Å². The lowest BCUT2D eigenvalue weighted by molar-refractivity contribution is 0.0261. The second-order valence-electron chi connectivity index (χ2n) is 7.89. The van der Waals surface area contributed by atoms with Crippen LogP contribution < -0.4 is 9.47 Å². The van der Waals surface area contributed by atoms with Crippen LogP contribution in [0.1, 0.15) is 43.8 Å². The number of fused-ring (bicyclic) bond motifs is 1. The maximum absolute atomic E-state index is 13.8. The third-order valence-electron chi connectivity index (χ3n) is 5.03. The van der Waals surface area contributed by atoms with Crippen LogP contribution in [0.2, 0.25) is 0 Å². The van der Waals surface area contributed by atoms with E-state index in [1.165, 1.54) is 0 Å². The highest BCUT2D eigenvalue weighted by Crippen LogP contribution is 2.30. The smallest absolute Gasteiger partial charge is 0.141 e. The van der Waals surface area contributed by atoms with Crippen molar-refractivity contribution in [2.45, 2.75) is 39.6 Å². The highest BCUT2D eigenvalue weighted by molar-refractivity contribution is 5.77. The molecule has 172 valence electrons. The number of hydrogen-bond donors (Lipinski definition) is 1. The van der Waals surface area contributed by atoms with Crippen molar-refractivity contribution in [2.75, 3.05) is 6.61 Å². The van der Waals surface area contributed by atoms with E-state index < -0.39 is 17.7 Å². The lowest BCUT2D eigenvalue weighted by Gasteiger charge is -2.19. The van der Waals surface area contributed by atoms with Crippen LogP contribution in [-0.2, 0) is 11.3 Å². The number of benzene rings is 3. The van der Waals surface area contributed by atoms with Crippen LogP contribution in [0.15, 0.2) is 60.7 Å². The van der Waals surface area contributed by atoms with Crippen molar-refractivity contribution in [3.05, 3.63) is 89.2 Å². The zero-order valence-electron chi connectivity index (χ0n) is 18.8. The lowest BCUT2D eigenvalue weighted by atomic mass is 10.1. The molecule has 4 rings (SSSR count). The van der Waals surface area contributed by atoms with Gasteiger partial charge in [-0.3, -0.25) is 0 Å². The normalized spacial score (nSPS) is 12.3. The van der Waals surface area contributed by atoms with E-state index >= 15 is 0 Å². The van der Waals surface area contributed by atoms with Gasteiger partial charge in [0.25, 0.3) is 0 Å². The summed E-state index contributed by atoms with van der Waals surface area (Å²) in [5.41, 5.74) is 2.74. The molecule has 5 nitrogen and oxygen atoms in total. The van der Waals surface area contributed by atoms with Crippen molar-refractivity contribution in [1.82, 2.24) is 9.97 Å².